The van der Waals surface area contributed by atoms with E-state index in [2.05, 4.69) is 4.98 Å². The molecule has 0 saturated heterocycles. The van der Waals surface area contributed by atoms with Gasteiger partial charge < -0.3 is 0 Å². The molecule has 3 aromatic rings. The second kappa shape index (κ2) is 4.93. The van der Waals surface area contributed by atoms with Gasteiger partial charge in [0.1, 0.15) is 11.6 Å². The van der Waals surface area contributed by atoms with E-state index >= 15 is 0 Å². The van der Waals surface area contributed by atoms with Crippen molar-refractivity contribution in [1.82, 2.24) is 9.38 Å². The number of aromatic nitrogens is 2. The fraction of sp³-hybridized carbons (Fsp3) is 0. The SMILES string of the molecule is O=S(=O)(Nc1cc(F)ccc1F)c1c(Cl)nc2sccn12. The standard InChI is InChI=1S/C11H6ClF2N3O2S2/c12-9-10(17-3-4-20-11(17)15-9)21(18,19)16-8-5-6(13)1-2-7(8)14/h1-5,16H. The number of rotatable bonds is 3. The van der Waals surface area contributed by atoms with Crippen LogP contribution < -0.4 is 4.72 Å². The topological polar surface area (TPSA) is 63.5 Å². The van der Waals surface area contributed by atoms with Gasteiger partial charge in [0.2, 0.25) is 0 Å². The average Bonchev–Trinajstić information content (AvgIpc) is 2.92. The van der Waals surface area contributed by atoms with Gasteiger partial charge in [-0.1, -0.05) is 11.6 Å². The van der Waals surface area contributed by atoms with Gasteiger partial charge in [0, 0.05) is 17.6 Å². The second-order valence-electron chi connectivity index (χ2n) is 3.99. The molecule has 0 amide bonds. The third-order valence-electron chi connectivity index (χ3n) is 2.61. The summed E-state index contributed by atoms with van der Waals surface area (Å²) >= 11 is 7.01. The molecule has 0 spiro atoms. The number of nitrogens with one attached hydrogen (secondary N) is 1. The van der Waals surface area contributed by atoms with Crippen LogP contribution in [0.1, 0.15) is 0 Å². The van der Waals surface area contributed by atoms with E-state index in [0.29, 0.717) is 4.96 Å². The summed E-state index contributed by atoms with van der Waals surface area (Å²) in [6.07, 6.45) is 1.47. The van der Waals surface area contributed by atoms with Crippen LogP contribution in [0, 0.1) is 11.6 Å². The van der Waals surface area contributed by atoms with Crippen molar-refractivity contribution in [1.29, 1.82) is 0 Å². The molecule has 0 saturated carbocycles. The van der Waals surface area contributed by atoms with Crippen LogP contribution in [0.2, 0.25) is 5.15 Å². The highest BCUT2D eigenvalue weighted by molar-refractivity contribution is 7.92. The molecule has 2 heterocycles. The summed E-state index contributed by atoms with van der Waals surface area (Å²) in [6, 6.07) is 2.45. The number of thiazole rings is 1. The van der Waals surface area contributed by atoms with Crippen molar-refractivity contribution in [3.8, 4) is 0 Å². The zero-order valence-corrected chi connectivity index (χ0v) is 12.4. The van der Waals surface area contributed by atoms with E-state index in [0.717, 1.165) is 18.2 Å². The molecule has 2 aromatic heterocycles. The minimum atomic E-state index is -4.22. The Bertz CT molecular complexity index is 936. The number of anilines is 1. The zero-order chi connectivity index (χ0) is 15.2. The summed E-state index contributed by atoms with van der Waals surface area (Å²) in [4.78, 5) is 4.26. The van der Waals surface area contributed by atoms with Crippen molar-refractivity contribution in [2.24, 2.45) is 0 Å². The molecular formula is C11H6ClF2N3O2S2. The molecule has 0 aliphatic rings. The highest BCUT2D eigenvalue weighted by Gasteiger charge is 2.26. The normalized spacial score (nSPS) is 12.0. The van der Waals surface area contributed by atoms with Gasteiger partial charge in [0.15, 0.2) is 15.1 Å². The average molecular weight is 350 g/mol. The van der Waals surface area contributed by atoms with E-state index in [1.807, 2.05) is 4.72 Å². The van der Waals surface area contributed by atoms with Crippen LogP contribution in [-0.2, 0) is 10.0 Å². The predicted octanol–water partition coefficient (Wildman–Crippen LogP) is 3.13. The van der Waals surface area contributed by atoms with Crippen molar-refractivity contribution in [3.05, 3.63) is 46.6 Å². The molecule has 10 heteroatoms. The number of halogens is 3. The Hall–Kier alpha value is -1.71. The maximum atomic E-state index is 13.5. The number of hydrogen-bond acceptors (Lipinski definition) is 4. The molecule has 110 valence electrons. The van der Waals surface area contributed by atoms with E-state index in [1.54, 1.807) is 5.38 Å². The van der Waals surface area contributed by atoms with Crippen LogP contribution in [0.15, 0.2) is 34.8 Å². The summed E-state index contributed by atoms with van der Waals surface area (Å²) in [5.74, 6) is -1.67. The molecule has 5 nitrogen and oxygen atoms in total. The molecule has 0 radical (unpaired) electrons. The minimum Gasteiger partial charge on any atom is -0.278 e. The first-order chi connectivity index (χ1) is 9.88. The van der Waals surface area contributed by atoms with Gasteiger partial charge in [-0.3, -0.25) is 9.12 Å². The van der Waals surface area contributed by atoms with Crippen molar-refractivity contribution in [3.63, 3.8) is 0 Å². The van der Waals surface area contributed by atoms with Gasteiger partial charge in [0.05, 0.1) is 5.69 Å². The molecule has 0 aliphatic carbocycles. The van der Waals surface area contributed by atoms with Crippen LogP contribution in [0.3, 0.4) is 0 Å². The lowest BCUT2D eigenvalue weighted by molar-refractivity contribution is 0.591. The van der Waals surface area contributed by atoms with Crippen LogP contribution in [0.25, 0.3) is 4.96 Å². The molecule has 0 unspecified atom stereocenters. The number of imidazole rings is 1. The lowest BCUT2D eigenvalue weighted by atomic mass is 10.3. The smallest absolute Gasteiger partial charge is 0.278 e. The Balaban J connectivity index is 2.10. The molecule has 0 fully saturated rings. The van der Waals surface area contributed by atoms with Gasteiger partial charge in [-0.25, -0.2) is 13.8 Å². The molecule has 3 rings (SSSR count). The number of benzene rings is 1. The zero-order valence-electron chi connectivity index (χ0n) is 10.0. The summed E-state index contributed by atoms with van der Waals surface area (Å²) in [7, 11) is -4.22. The van der Waals surface area contributed by atoms with Crippen LogP contribution >= 0.6 is 22.9 Å². The van der Waals surface area contributed by atoms with E-state index in [9.17, 15) is 17.2 Å². The highest BCUT2D eigenvalue weighted by atomic mass is 35.5. The molecular weight excluding hydrogens is 344 g/mol. The second-order valence-corrected chi connectivity index (χ2v) is 6.82. The van der Waals surface area contributed by atoms with Crippen LogP contribution in [-0.4, -0.2) is 17.8 Å². The van der Waals surface area contributed by atoms with Gasteiger partial charge in [-0.15, -0.1) is 11.3 Å². The van der Waals surface area contributed by atoms with E-state index < -0.39 is 27.3 Å². The molecule has 0 atom stereocenters. The Kier molecular flexibility index (Phi) is 3.34. The molecule has 0 bridgehead atoms. The number of fused-ring (bicyclic) bond motifs is 1. The van der Waals surface area contributed by atoms with Crippen molar-refractivity contribution < 1.29 is 17.2 Å². The van der Waals surface area contributed by atoms with E-state index in [4.69, 9.17) is 11.6 Å². The number of nitrogens with zero attached hydrogens (tertiary/aromatic N) is 2. The lowest BCUT2D eigenvalue weighted by Crippen LogP contribution is -2.16. The Labute approximate surface area is 126 Å². The summed E-state index contributed by atoms with van der Waals surface area (Å²) in [5, 5.41) is 1.05. The van der Waals surface area contributed by atoms with Crippen molar-refractivity contribution in [2.45, 2.75) is 5.03 Å². The highest BCUT2D eigenvalue weighted by Crippen LogP contribution is 2.28. The summed E-state index contributed by atoms with van der Waals surface area (Å²) in [6.45, 7) is 0. The monoisotopic (exact) mass is 349 g/mol. The fourth-order valence-corrected chi connectivity index (χ4v) is 4.26. The fourth-order valence-electron chi connectivity index (χ4n) is 1.75. The predicted molar refractivity (Wildman–Crippen MR) is 75.2 cm³/mol. The maximum absolute atomic E-state index is 13.5. The maximum Gasteiger partial charge on any atom is 0.281 e. The van der Waals surface area contributed by atoms with E-state index in [-0.39, 0.29) is 10.2 Å². The van der Waals surface area contributed by atoms with Gasteiger partial charge >= 0.3 is 0 Å². The van der Waals surface area contributed by atoms with Gasteiger partial charge in [-0.05, 0) is 12.1 Å². The van der Waals surface area contributed by atoms with E-state index in [1.165, 1.54) is 21.9 Å². The van der Waals surface area contributed by atoms with Crippen molar-refractivity contribution >= 4 is 43.6 Å². The third-order valence-corrected chi connectivity index (χ3v) is 5.13. The molecule has 0 aliphatic heterocycles. The first-order valence-electron chi connectivity index (χ1n) is 5.47. The summed E-state index contributed by atoms with van der Waals surface area (Å²) < 4.78 is 54.5. The summed E-state index contributed by atoms with van der Waals surface area (Å²) in [5.41, 5.74) is -0.503. The van der Waals surface area contributed by atoms with Crippen LogP contribution in [0.5, 0.6) is 0 Å². The van der Waals surface area contributed by atoms with Crippen LogP contribution in [0.4, 0.5) is 14.5 Å². The van der Waals surface area contributed by atoms with Gasteiger partial charge in [-0.2, -0.15) is 8.42 Å². The largest absolute Gasteiger partial charge is 0.281 e. The van der Waals surface area contributed by atoms with Gasteiger partial charge in [0.25, 0.3) is 10.0 Å². The molecule has 1 aromatic carbocycles. The first-order valence-corrected chi connectivity index (χ1v) is 8.21. The molecule has 21 heavy (non-hydrogen) atoms. The minimum absolute atomic E-state index is 0.244. The number of sulfonamides is 1. The first kappa shape index (κ1) is 14.2. The number of hydrogen-bond donors (Lipinski definition) is 1. The Morgan fingerprint density at radius 1 is 1.33 bits per heavy atom. The Morgan fingerprint density at radius 3 is 2.86 bits per heavy atom. The van der Waals surface area contributed by atoms with Crippen molar-refractivity contribution in [2.75, 3.05) is 4.72 Å². The Morgan fingerprint density at radius 2 is 2.10 bits per heavy atom. The third kappa shape index (κ3) is 2.47. The molecule has 1 N–H and O–H groups in total. The quantitative estimate of drug-likeness (QED) is 0.790. The lowest BCUT2D eigenvalue weighted by Gasteiger charge is -2.08.